The van der Waals surface area contributed by atoms with Gasteiger partial charge in [-0.25, -0.2) is 9.37 Å². The zero-order valence-electron chi connectivity index (χ0n) is 17.8. The normalized spacial score (nSPS) is 24.2. The molecule has 0 unspecified atom stereocenters. The van der Waals surface area contributed by atoms with E-state index >= 15 is 0 Å². The lowest BCUT2D eigenvalue weighted by atomic mass is 9.80. The molecule has 6 rings (SSSR count). The van der Waals surface area contributed by atoms with E-state index in [1.807, 2.05) is 0 Å². The fraction of sp³-hybridized carbons (Fsp3) is 0.333. The molecule has 1 amide bonds. The average molecular weight is 429 g/mol. The highest BCUT2D eigenvalue weighted by Gasteiger charge is 2.48. The number of carbonyl (C=O) groups is 1. The molecule has 2 aromatic carbocycles. The van der Waals surface area contributed by atoms with Crippen LogP contribution in [0.25, 0.3) is 11.1 Å². The number of rotatable bonds is 3. The number of pyridine rings is 1. The Morgan fingerprint density at radius 3 is 2.72 bits per heavy atom. The highest BCUT2D eigenvalue weighted by molar-refractivity contribution is 5.92. The van der Waals surface area contributed by atoms with Crippen molar-refractivity contribution in [3.63, 3.8) is 0 Å². The van der Waals surface area contributed by atoms with Crippen LogP contribution >= 0.6 is 0 Å². The average Bonchev–Trinajstić information content (AvgIpc) is 3.53. The Balaban J connectivity index is 1.30. The third kappa shape index (κ3) is 3.15. The summed E-state index contributed by atoms with van der Waals surface area (Å²) in [5.41, 5.74) is 5.98. The first-order valence-corrected chi connectivity index (χ1v) is 11.4. The summed E-state index contributed by atoms with van der Waals surface area (Å²) in [5.74, 6) is 0.0244. The molecule has 162 valence electrons. The first-order chi connectivity index (χ1) is 15.5. The minimum Gasteiger partial charge on any atom is -0.388 e. The SMILES string of the molecule is O=C(c1ccc(F)cn1)N1CC[C@@]2(C[C@@H](O)c3cc(-c4ccccc4C4CC4)ccc32)C1. The van der Waals surface area contributed by atoms with Crippen LogP contribution in [0.5, 0.6) is 0 Å². The first kappa shape index (κ1) is 19.6. The van der Waals surface area contributed by atoms with E-state index in [9.17, 15) is 14.3 Å². The fourth-order valence-electron chi connectivity index (χ4n) is 5.69. The van der Waals surface area contributed by atoms with Crippen molar-refractivity contribution < 1.29 is 14.3 Å². The number of amides is 1. The van der Waals surface area contributed by atoms with Gasteiger partial charge in [0, 0.05) is 18.5 Å². The van der Waals surface area contributed by atoms with Crippen LogP contribution in [0.4, 0.5) is 4.39 Å². The number of likely N-dealkylation sites (tertiary alicyclic amines) is 1. The van der Waals surface area contributed by atoms with E-state index in [2.05, 4.69) is 47.4 Å². The highest BCUT2D eigenvalue weighted by Crippen LogP contribution is 2.52. The molecule has 1 saturated heterocycles. The van der Waals surface area contributed by atoms with Gasteiger partial charge in [0.2, 0.25) is 0 Å². The number of aliphatic hydroxyl groups is 1. The summed E-state index contributed by atoms with van der Waals surface area (Å²) < 4.78 is 13.2. The molecule has 2 aliphatic carbocycles. The van der Waals surface area contributed by atoms with Gasteiger partial charge < -0.3 is 10.0 Å². The van der Waals surface area contributed by atoms with E-state index in [-0.39, 0.29) is 17.0 Å². The van der Waals surface area contributed by atoms with Crippen molar-refractivity contribution in [2.75, 3.05) is 13.1 Å². The summed E-state index contributed by atoms with van der Waals surface area (Å²) in [6, 6.07) is 17.8. The number of hydrogen-bond donors (Lipinski definition) is 1. The van der Waals surface area contributed by atoms with Gasteiger partial charge in [0.25, 0.3) is 5.91 Å². The number of fused-ring (bicyclic) bond motifs is 2. The summed E-state index contributed by atoms with van der Waals surface area (Å²) in [5, 5.41) is 11.0. The maximum atomic E-state index is 13.2. The van der Waals surface area contributed by atoms with E-state index in [0.717, 1.165) is 29.3 Å². The highest BCUT2D eigenvalue weighted by atomic mass is 19.1. The minimum absolute atomic E-state index is 0.181. The predicted molar refractivity (Wildman–Crippen MR) is 120 cm³/mol. The van der Waals surface area contributed by atoms with Crippen LogP contribution in [0, 0.1) is 5.82 Å². The molecule has 1 saturated carbocycles. The molecule has 2 atom stereocenters. The Morgan fingerprint density at radius 2 is 1.94 bits per heavy atom. The molecule has 32 heavy (non-hydrogen) atoms. The van der Waals surface area contributed by atoms with Crippen molar-refractivity contribution in [2.24, 2.45) is 0 Å². The lowest BCUT2D eigenvalue weighted by Gasteiger charge is -2.25. The Bertz CT molecular complexity index is 1200. The molecule has 2 fully saturated rings. The van der Waals surface area contributed by atoms with Crippen molar-refractivity contribution >= 4 is 5.91 Å². The van der Waals surface area contributed by atoms with Crippen molar-refractivity contribution in [3.05, 3.63) is 89.0 Å². The monoisotopic (exact) mass is 428 g/mol. The van der Waals surface area contributed by atoms with Crippen molar-refractivity contribution in [1.82, 2.24) is 9.88 Å². The lowest BCUT2D eigenvalue weighted by Crippen LogP contribution is -2.33. The summed E-state index contributed by atoms with van der Waals surface area (Å²) >= 11 is 0. The maximum absolute atomic E-state index is 13.2. The number of halogens is 1. The molecule has 4 nitrogen and oxygen atoms in total. The maximum Gasteiger partial charge on any atom is 0.272 e. The van der Waals surface area contributed by atoms with Crippen LogP contribution in [0.3, 0.4) is 0 Å². The molecule has 0 radical (unpaired) electrons. The van der Waals surface area contributed by atoms with Gasteiger partial charge in [-0.05, 0) is 77.6 Å². The van der Waals surface area contributed by atoms with Crippen LogP contribution in [0.2, 0.25) is 0 Å². The molecule has 0 bridgehead atoms. The van der Waals surface area contributed by atoms with Gasteiger partial charge in [0.15, 0.2) is 0 Å². The molecule has 1 N–H and O–H groups in total. The van der Waals surface area contributed by atoms with Crippen molar-refractivity contribution in [1.29, 1.82) is 0 Å². The fourth-order valence-corrected chi connectivity index (χ4v) is 5.69. The number of nitrogens with zero attached hydrogens (tertiary/aromatic N) is 2. The Hall–Kier alpha value is -3.05. The van der Waals surface area contributed by atoms with E-state index in [1.165, 1.54) is 36.1 Å². The van der Waals surface area contributed by atoms with E-state index in [0.29, 0.717) is 25.4 Å². The van der Waals surface area contributed by atoms with E-state index < -0.39 is 11.9 Å². The molecule has 3 aliphatic rings. The third-order valence-corrected chi connectivity index (χ3v) is 7.44. The van der Waals surface area contributed by atoms with E-state index in [4.69, 9.17) is 0 Å². The zero-order valence-corrected chi connectivity index (χ0v) is 17.8. The second-order valence-electron chi connectivity index (χ2n) is 9.50. The van der Waals surface area contributed by atoms with Gasteiger partial charge in [-0.2, -0.15) is 0 Å². The van der Waals surface area contributed by atoms with Crippen LogP contribution in [-0.4, -0.2) is 34.0 Å². The van der Waals surface area contributed by atoms with Crippen LogP contribution < -0.4 is 0 Å². The molecular weight excluding hydrogens is 403 g/mol. The Morgan fingerprint density at radius 1 is 1.09 bits per heavy atom. The van der Waals surface area contributed by atoms with Gasteiger partial charge in [-0.1, -0.05) is 36.4 Å². The smallest absolute Gasteiger partial charge is 0.272 e. The Kier molecular flexibility index (Phi) is 4.44. The van der Waals surface area contributed by atoms with Crippen LogP contribution in [0.1, 0.15) is 64.9 Å². The predicted octanol–water partition coefficient (Wildman–Crippen LogP) is 4.99. The molecule has 5 heteroatoms. The molecular formula is C27H25FN2O2. The number of aromatic nitrogens is 1. The second kappa shape index (κ2) is 7.24. The van der Waals surface area contributed by atoms with Gasteiger partial charge in [-0.15, -0.1) is 0 Å². The minimum atomic E-state index is -0.531. The molecule has 3 aromatic rings. The van der Waals surface area contributed by atoms with Crippen LogP contribution in [0.15, 0.2) is 60.8 Å². The number of carbonyl (C=O) groups excluding carboxylic acids is 1. The molecule has 1 aliphatic heterocycles. The van der Waals surface area contributed by atoms with Crippen molar-refractivity contribution in [2.45, 2.75) is 43.1 Å². The van der Waals surface area contributed by atoms with Crippen LogP contribution in [-0.2, 0) is 5.41 Å². The molecule has 1 spiro atoms. The summed E-state index contributed by atoms with van der Waals surface area (Å²) in [7, 11) is 0. The largest absolute Gasteiger partial charge is 0.388 e. The van der Waals surface area contributed by atoms with Crippen molar-refractivity contribution in [3.8, 4) is 11.1 Å². The first-order valence-electron chi connectivity index (χ1n) is 11.4. The third-order valence-electron chi connectivity index (χ3n) is 7.44. The topological polar surface area (TPSA) is 53.4 Å². The second-order valence-corrected chi connectivity index (χ2v) is 9.50. The lowest BCUT2D eigenvalue weighted by molar-refractivity contribution is 0.0770. The van der Waals surface area contributed by atoms with Gasteiger partial charge >= 0.3 is 0 Å². The number of hydrogen-bond acceptors (Lipinski definition) is 3. The zero-order chi connectivity index (χ0) is 21.9. The summed E-state index contributed by atoms with van der Waals surface area (Å²) in [4.78, 5) is 18.7. The molecule has 2 heterocycles. The van der Waals surface area contributed by atoms with Gasteiger partial charge in [0.05, 0.1) is 12.3 Å². The summed E-state index contributed by atoms with van der Waals surface area (Å²) in [6.45, 7) is 1.16. The standard InChI is InChI=1S/C27H25FN2O2/c28-19-8-10-24(29-15-19)26(32)30-12-11-27(16-30)14-25(31)22-13-18(7-9-23(22)27)21-4-2-1-3-20(21)17-5-6-17/h1-4,7-10,13,15,17,25,31H,5-6,11-12,14,16H2/t25-,27-/m1/s1. The van der Waals surface area contributed by atoms with Gasteiger partial charge in [-0.3, -0.25) is 4.79 Å². The quantitative estimate of drug-likeness (QED) is 0.640. The number of aliphatic hydroxyl groups excluding tert-OH is 1. The molecule has 1 aromatic heterocycles. The van der Waals surface area contributed by atoms with Gasteiger partial charge in [0.1, 0.15) is 11.5 Å². The number of benzene rings is 2. The summed E-state index contributed by atoms with van der Waals surface area (Å²) in [6.07, 6.45) is 4.48. The Labute approximate surface area is 186 Å². The van der Waals surface area contributed by atoms with E-state index in [1.54, 1.807) is 4.90 Å².